The molecule has 1 unspecified atom stereocenters. The third-order valence-electron chi connectivity index (χ3n) is 4.84. The Morgan fingerprint density at radius 1 is 1.04 bits per heavy atom. The van der Waals surface area contributed by atoms with Crippen LogP contribution in [0.25, 0.3) is 0 Å². The number of nitrogens with two attached hydrogens (primary N) is 1. The molecule has 0 saturated carbocycles. The van der Waals surface area contributed by atoms with E-state index < -0.39 is 0 Å². The second-order valence-electron chi connectivity index (χ2n) is 7.82. The Hall–Kier alpha value is -2.00. The van der Waals surface area contributed by atoms with Crippen LogP contribution < -0.4 is 10.6 Å². The Kier molecular flexibility index (Phi) is 7.70. The molecule has 0 heterocycles. The summed E-state index contributed by atoms with van der Waals surface area (Å²) < 4.78 is 0. The van der Waals surface area contributed by atoms with Gasteiger partial charge in [-0.05, 0) is 46.6 Å². The van der Waals surface area contributed by atoms with E-state index in [1.54, 1.807) is 0 Å². The van der Waals surface area contributed by atoms with Gasteiger partial charge in [-0.1, -0.05) is 71.0 Å². The Labute approximate surface area is 164 Å². The topological polar surface area (TPSA) is 53.1 Å². The standard InChI is InChI=1S/C22H31N3.ClH/c1-6-16(2)18-9-13-20(14-10-18)25(21(23)24)15-17-7-11-19(12-8-17)22(3,4)5;/h7-14,16H,6,15H2,1-5H3,(H3,23,24);1H. The molecule has 142 valence electrons. The van der Waals surface area contributed by atoms with Gasteiger partial charge in [0.05, 0.1) is 6.54 Å². The molecule has 0 aliphatic rings. The SMILES string of the molecule is CCC(C)c1ccc(N(Cc2ccc(C(C)(C)C)cc2)C(=N)N)cc1.Cl. The molecule has 0 aliphatic heterocycles. The largest absolute Gasteiger partial charge is 0.370 e. The first kappa shape index (κ1) is 22.0. The fraction of sp³-hybridized carbons (Fsp3) is 0.409. The number of anilines is 1. The quantitative estimate of drug-likeness (QED) is 0.512. The van der Waals surface area contributed by atoms with Gasteiger partial charge in [-0.3, -0.25) is 5.41 Å². The lowest BCUT2D eigenvalue weighted by atomic mass is 9.87. The Balaban J connectivity index is 0.00000338. The molecular weight excluding hydrogens is 342 g/mol. The molecule has 4 heteroatoms. The van der Waals surface area contributed by atoms with Gasteiger partial charge in [0.15, 0.2) is 5.96 Å². The van der Waals surface area contributed by atoms with Crippen LogP contribution in [0.2, 0.25) is 0 Å². The number of nitrogens with one attached hydrogen (secondary N) is 1. The molecule has 2 aromatic rings. The van der Waals surface area contributed by atoms with Crippen LogP contribution in [-0.2, 0) is 12.0 Å². The summed E-state index contributed by atoms with van der Waals surface area (Å²) in [6, 6.07) is 17.0. The molecule has 0 saturated heterocycles. The van der Waals surface area contributed by atoms with Crippen molar-refractivity contribution in [2.75, 3.05) is 4.90 Å². The van der Waals surface area contributed by atoms with Gasteiger partial charge in [-0.15, -0.1) is 12.4 Å². The highest BCUT2D eigenvalue weighted by atomic mass is 35.5. The summed E-state index contributed by atoms with van der Waals surface area (Å²) in [6.07, 6.45) is 1.12. The lowest BCUT2D eigenvalue weighted by molar-refractivity contribution is 0.590. The molecule has 0 amide bonds. The fourth-order valence-electron chi connectivity index (χ4n) is 2.83. The number of hydrogen-bond acceptors (Lipinski definition) is 1. The van der Waals surface area contributed by atoms with Gasteiger partial charge in [0, 0.05) is 5.69 Å². The summed E-state index contributed by atoms with van der Waals surface area (Å²) in [7, 11) is 0. The number of rotatable bonds is 5. The van der Waals surface area contributed by atoms with Crippen LogP contribution in [0.1, 0.15) is 63.6 Å². The highest BCUT2D eigenvalue weighted by molar-refractivity contribution is 5.92. The minimum Gasteiger partial charge on any atom is -0.370 e. The van der Waals surface area contributed by atoms with Gasteiger partial charge in [-0.25, -0.2) is 0 Å². The minimum absolute atomic E-state index is 0. The van der Waals surface area contributed by atoms with Crippen molar-refractivity contribution >= 4 is 24.1 Å². The van der Waals surface area contributed by atoms with Crippen LogP contribution in [-0.4, -0.2) is 5.96 Å². The number of guanidine groups is 1. The van der Waals surface area contributed by atoms with Gasteiger partial charge in [0.25, 0.3) is 0 Å². The van der Waals surface area contributed by atoms with Crippen molar-refractivity contribution in [1.29, 1.82) is 5.41 Å². The number of halogens is 1. The summed E-state index contributed by atoms with van der Waals surface area (Å²) in [5.41, 5.74) is 10.7. The van der Waals surface area contributed by atoms with E-state index in [-0.39, 0.29) is 23.8 Å². The molecule has 3 N–H and O–H groups in total. The maximum Gasteiger partial charge on any atom is 0.193 e. The third-order valence-corrected chi connectivity index (χ3v) is 4.84. The average Bonchev–Trinajstić information content (AvgIpc) is 2.58. The summed E-state index contributed by atoms with van der Waals surface area (Å²) in [5, 5.41) is 7.96. The molecule has 3 nitrogen and oxygen atoms in total. The smallest absolute Gasteiger partial charge is 0.193 e. The lowest BCUT2D eigenvalue weighted by Gasteiger charge is -2.24. The van der Waals surface area contributed by atoms with Crippen molar-refractivity contribution in [3.05, 3.63) is 65.2 Å². The van der Waals surface area contributed by atoms with Crippen molar-refractivity contribution in [3.8, 4) is 0 Å². The Morgan fingerprint density at radius 2 is 1.58 bits per heavy atom. The van der Waals surface area contributed by atoms with Crippen molar-refractivity contribution in [1.82, 2.24) is 0 Å². The van der Waals surface area contributed by atoms with Crippen molar-refractivity contribution in [2.45, 2.75) is 58.9 Å². The highest BCUT2D eigenvalue weighted by Crippen LogP contribution is 2.25. The fourth-order valence-corrected chi connectivity index (χ4v) is 2.83. The van der Waals surface area contributed by atoms with Crippen LogP contribution in [0.5, 0.6) is 0 Å². The van der Waals surface area contributed by atoms with E-state index in [0.29, 0.717) is 12.5 Å². The molecule has 0 spiro atoms. The maximum atomic E-state index is 7.96. The molecule has 2 rings (SSSR count). The summed E-state index contributed by atoms with van der Waals surface area (Å²) >= 11 is 0. The van der Waals surface area contributed by atoms with Gasteiger partial charge < -0.3 is 10.6 Å². The van der Waals surface area contributed by atoms with E-state index in [0.717, 1.165) is 17.7 Å². The molecule has 0 fully saturated rings. The summed E-state index contributed by atoms with van der Waals surface area (Å²) in [4.78, 5) is 1.84. The van der Waals surface area contributed by atoms with Crippen molar-refractivity contribution in [3.63, 3.8) is 0 Å². The molecule has 2 aromatic carbocycles. The lowest BCUT2D eigenvalue weighted by Crippen LogP contribution is -2.35. The van der Waals surface area contributed by atoms with Crippen LogP contribution in [0, 0.1) is 5.41 Å². The van der Waals surface area contributed by atoms with E-state index in [4.69, 9.17) is 11.1 Å². The second kappa shape index (κ2) is 9.09. The zero-order chi connectivity index (χ0) is 18.6. The van der Waals surface area contributed by atoms with Gasteiger partial charge >= 0.3 is 0 Å². The van der Waals surface area contributed by atoms with Crippen LogP contribution in [0.4, 0.5) is 5.69 Å². The average molecular weight is 374 g/mol. The number of nitrogens with zero attached hydrogens (tertiary/aromatic N) is 1. The van der Waals surface area contributed by atoms with E-state index in [2.05, 4.69) is 83.1 Å². The van der Waals surface area contributed by atoms with Gasteiger partial charge in [0.1, 0.15) is 0 Å². The Morgan fingerprint density at radius 3 is 2.00 bits per heavy atom. The second-order valence-corrected chi connectivity index (χ2v) is 7.82. The van der Waals surface area contributed by atoms with Crippen LogP contribution in [0.15, 0.2) is 48.5 Å². The zero-order valence-electron chi connectivity index (χ0n) is 16.5. The van der Waals surface area contributed by atoms with Crippen LogP contribution >= 0.6 is 12.4 Å². The van der Waals surface area contributed by atoms with E-state index in [1.165, 1.54) is 11.1 Å². The van der Waals surface area contributed by atoms with Crippen molar-refractivity contribution < 1.29 is 0 Å². The maximum absolute atomic E-state index is 7.96. The van der Waals surface area contributed by atoms with Gasteiger partial charge in [0.2, 0.25) is 0 Å². The predicted octanol–water partition coefficient (Wildman–Crippen LogP) is 5.82. The summed E-state index contributed by atoms with van der Waals surface area (Å²) in [6.45, 7) is 11.7. The minimum atomic E-state index is 0. The zero-order valence-corrected chi connectivity index (χ0v) is 17.4. The van der Waals surface area contributed by atoms with Crippen molar-refractivity contribution in [2.24, 2.45) is 5.73 Å². The highest BCUT2D eigenvalue weighted by Gasteiger charge is 2.15. The monoisotopic (exact) mass is 373 g/mol. The third kappa shape index (κ3) is 5.50. The van der Waals surface area contributed by atoms with Crippen LogP contribution in [0.3, 0.4) is 0 Å². The first-order valence-electron chi connectivity index (χ1n) is 9.03. The molecular formula is C22H32ClN3. The normalized spacial score (nSPS) is 12.2. The Bertz CT molecular complexity index is 700. The van der Waals surface area contributed by atoms with E-state index in [9.17, 15) is 0 Å². The van der Waals surface area contributed by atoms with E-state index in [1.807, 2.05) is 4.90 Å². The van der Waals surface area contributed by atoms with Gasteiger partial charge in [-0.2, -0.15) is 0 Å². The number of hydrogen-bond donors (Lipinski definition) is 2. The van der Waals surface area contributed by atoms with E-state index >= 15 is 0 Å². The molecule has 0 aromatic heterocycles. The number of benzene rings is 2. The molecule has 0 bridgehead atoms. The first-order valence-corrected chi connectivity index (χ1v) is 9.03. The molecule has 0 aliphatic carbocycles. The first-order chi connectivity index (χ1) is 11.7. The molecule has 0 radical (unpaired) electrons. The molecule has 1 atom stereocenters. The summed E-state index contributed by atoms with van der Waals surface area (Å²) in [5.74, 6) is 0.612. The predicted molar refractivity (Wildman–Crippen MR) is 116 cm³/mol. The molecule has 26 heavy (non-hydrogen) atoms.